The average Bonchev–Trinajstić information content (AvgIpc) is 2.34. The normalized spacial score (nSPS) is 33.8. The number of piperidine rings is 1. The van der Waals surface area contributed by atoms with Gasteiger partial charge in [0.15, 0.2) is 0 Å². The van der Waals surface area contributed by atoms with Crippen molar-refractivity contribution in [2.75, 3.05) is 34.2 Å². The molecule has 0 radical (unpaired) electrons. The van der Waals surface area contributed by atoms with Gasteiger partial charge >= 0.3 is 0 Å². The zero-order valence-electron chi connectivity index (χ0n) is 12.4. The Bertz CT molecular complexity index is 216. The van der Waals surface area contributed by atoms with Crippen LogP contribution in [0.4, 0.5) is 0 Å². The lowest BCUT2D eigenvalue weighted by Gasteiger charge is -2.43. The van der Waals surface area contributed by atoms with Gasteiger partial charge in [-0.05, 0) is 84.6 Å². The minimum Gasteiger partial charge on any atom is -0.328 e. The van der Waals surface area contributed by atoms with E-state index in [4.69, 9.17) is 5.73 Å². The van der Waals surface area contributed by atoms with E-state index in [-0.39, 0.29) is 0 Å². The lowest BCUT2D eigenvalue weighted by Crippen LogP contribution is -2.47. The molecule has 1 atom stereocenters. The lowest BCUT2D eigenvalue weighted by atomic mass is 9.74. The number of hydrogen-bond acceptors (Lipinski definition) is 3. The van der Waals surface area contributed by atoms with Crippen molar-refractivity contribution in [3.8, 4) is 0 Å². The van der Waals surface area contributed by atoms with E-state index in [9.17, 15) is 0 Å². The first-order chi connectivity index (χ1) is 8.58. The van der Waals surface area contributed by atoms with Gasteiger partial charge in [0, 0.05) is 12.1 Å². The highest BCUT2D eigenvalue weighted by Gasteiger charge is 2.34. The Hall–Kier alpha value is -0.120. The smallest absolute Gasteiger partial charge is 0.0147 e. The molecule has 0 aromatic rings. The third-order valence-corrected chi connectivity index (χ3v) is 5.14. The van der Waals surface area contributed by atoms with Crippen molar-refractivity contribution in [2.24, 2.45) is 17.6 Å². The Morgan fingerprint density at radius 3 is 1.94 bits per heavy atom. The van der Waals surface area contributed by atoms with E-state index < -0.39 is 0 Å². The van der Waals surface area contributed by atoms with Crippen LogP contribution >= 0.6 is 0 Å². The summed E-state index contributed by atoms with van der Waals surface area (Å²) in [7, 11) is 6.80. The summed E-state index contributed by atoms with van der Waals surface area (Å²) < 4.78 is 0. The molecule has 0 spiro atoms. The van der Waals surface area contributed by atoms with Crippen molar-refractivity contribution < 1.29 is 0 Å². The summed E-state index contributed by atoms with van der Waals surface area (Å²) in [6.45, 7) is 2.56. The molecule has 2 N–H and O–H groups in total. The highest BCUT2D eigenvalue weighted by atomic mass is 15.1. The molecule has 1 heterocycles. The molecule has 1 aliphatic heterocycles. The maximum Gasteiger partial charge on any atom is 0.0147 e. The molecule has 0 bridgehead atoms. The van der Waals surface area contributed by atoms with Crippen molar-refractivity contribution in [3.63, 3.8) is 0 Å². The molecule has 1 saturated heterocycles. The molecular formula is C15H31N3. The summed E-state index contributed by atoms with van der Waals surface area (Å²) >= 11 is 0. The van der Waals surface area contributed by atoms with Gasteiger partial charge < -0.3 is 15.5 Å². The van der Waals surface area contributed by atoms with Crippen LogP contribution in [0.25, 0.3) is 0 Å². The summed E-state index contributed by atoms with van der Waals surface area (Å²) in [5.41, 5.74) is 6.05. The van der Waals surface area contributed by atoms with Crippen LogP contribution in [-0.2, 0) is 0 Å². The van der Waals surface area contributed by atoms with Crippen LogP contribution in [-0.4, -0.2) is 56.1 Å². The van der Waals surface area contributed by atoms with Crippen molar-refractivity contribution >= 4 is 0 Å². The molecule has 18 heavy (non-hydrogen) atoms. The molecule has 1 unspecified atom stereocenters. The van der Waals surface area contributed by atoms with Gasteiger partial charge in [-0.15, -0.1) is 0 Å². The second-order valence-corrected chi connectivity index (χ2v) is 6.77. The molecule has 2 fully saturated rings. The van der Waals surface area contributed by atoms with E-state index in [1.165, 1.54) is 51.6 Å². The molecule has 2 rings (SSSR count). The SMILES string of the molecule is CN1CCC(C(C2CCC(N)CC2)N(C)C)CC1. The first kappa shape index (κ1) is 14.3. The van der Waals surface area contributed by atoms with E-state index in [1.54, 1.807) is 0 Å². The Labute approximate surface area is 113 Å². The third-order valence-electron chi connectivity index (χ3n) is 5.14. The van der Waals surface area contributed by atoms with E-state index in [2.05, 4.69) is 30.9 Å². The molecule has 3 nitrogen and oxygen atoms in total. The van der Waals surface area contributed by atoms with Gasteiger partial charge in [0.05, 0.1) is 0 Å². The van der Waals surface area contributed by atoms with Crippen LogP contribution < -0.4 is 5.73 Å². The van der Waals surface area contributed by atoms with Crippen LogP contribution in [0.15, 0.2) is 0 Å². The summed E-state index contributed by atoms with van der Waals surface area (Å²) in [6, 6.07) is 1.26. The van der Waals surface area contributed by atoms with Gasteiger partial charge in [-0.3, -0.25) is 0 Å². The second-order valence-electron chi connectivity index (χ2n) is 6.77. The van der Waals surface area contributed by atoms with Crippen LogP contribution in [0.2, 0.25) is 0 Å². The number of rotatable bonds is 3. The quantitative estimate of drug-likeness (QED) is 0.832. The molecular weight excluding hydrogens is 222 g/mol. The first-order valence-corrected chi connectivity index (χ1v) is 7.68. The van der Waals surface area contributed by atoms with Crippen molar-refractivity contribution in [1.82, 2.24) is 9.80 Å². The third kappa shape index (κ3) is 3.46. The summed E-state index contributed by atoms with van der Waals surface area (Å²) in [6.07, 6.45) is 7.92. The molecule has 3 heteroatoms. The molecule has 2 aliphatic rings. The topological polar surface area (TPSA) is 32.5 Å². The number of likely N-dealkylation sites (tertiary alicyclic amines) is 1. The fourth-order valence-electron chi connectivity index (χ4n) is 4.08. The minimum atomic E-state index is 0.474. The standard InChI is InChI=1S/C15H31N3/c1-17(2)15(12-4-6-14(16)7-5-12)13-8-10-18(3)11-9-13/h12-15H,4-11,16H2,1-3H3. The van der Waals surface area contributed by atoms with E-state index in [0.717, 1.165) is 17.9 Å². The Morgan fingerprint density at radius 2 is 1.44 bits per heavy atom. The van der Waals surface area contributed by atoms with Crippen molar-refractivity contribution in [2.45, 2.75) is 50.6 Å². The number of hydrogen-bond donors (Lipinski definition) is 1. The highest BCUT2D eigenvalue weighted by molar-refractivity contribution is 4.89. The lowest BCUT2D eigenvalue weighted by molar-refractivity contribution is 0.0710. The van der Waals surface area contributed by atoms with Gasteiger partial charge in [-0.2, -0.15) is 0 Å². The highest BCUT2D eigenvalue weighted by Crippen LogP contribution is 2.35. The maximum absolute atomic E-state index is 6.05. The van der Waals surface area contributed by atoms with Crippen LogP contribution in [0, 0.1) is 11.8 Å². The molecule has 0 aromatic carbocycles. The predicted octanol–water partition coefficient (Wildman–Crippen LogP) is 1.78. The average molecular weight is 253 g/mol. The second kappa shape index (κ2) is 6.36. The van der Waals surface area contributed by atoms with Gasteiger partial charge in [0.25, 0.3) is 0 Å². The molecule has 0 amide bonds. The zero-order valence-corrected chi connectivity index (χ0v) is 12.4. The summed E-state index contributed by atoms with van der Waals surface area (Å²) in [4.78, 5) is 4.97. The number of nitrogens with zero attached hydrogens (tertiary/aromatic N) is 2. The van der Waals surface area contributed by atoms with Gasteiger partial charge in [0.2, 0.25) is 0 Å². The van der Waals surface area contributed by atoms with E-state index in [1.807, 2.05) is 0 Å². The van der Waals surface area contributed by atoms with Gasteiger partial charge in [0.1, 0.15) is 0 Å². The fourth-order valence-corrected chi connectivity index (χ4v) is 4.08. The van der Waals surface area contributed by atoms with Crippen LogP contribution in [0.3, 0.4) is 0 Å². The number of nitrogens with two attached hydrogens (primary N) is 1. The summed E-state index contributed by atoms with van der Waals surface area (Å²) in [5, 5.41) is 0. The molecule has 0 aromatic heterocycles. The first-order valence-electron chi connectivity index (χ1n) is 7.68. The van der Waals surface area contributed by atoms with Crippen LogP contribution in [0.1, 0.15) is 38.5 Å². The molecule has 1 saturated carbocycles. The summed E-state index contributed by atoms with van der Waals surface area (Å²) in [5.74, 6) is 1.78. The van der Waals surface area contributed by atoms with Crippen LogP contribution in [0.5, 0.6) is 0 Å². The zero-order chi connectivity index (χ0) is 13.1. The fraction of sp³-hybridized carbons (Fsp3) is 1.00. The van der Waals surface area contributed by atoms with Crippen molar-refractivity contribution in [3.05, 3.63) is 0 Å². The Morgan fingerprint density at radius 1 is 0.944 bits per heavy atom. The minimum absolute atomic E-state index is 0.474. The molecule has 106 valence electrons. The Balaban J connectivity index is 1.95. The molecule has 1 aliphatic carbocycles. The largest absolute Gasteiger partial charge is 0.328 e. The van der Waals surface area contributed by atoms with Crippen molar-refractivity contribution in [1.29, 1.82) is 0 Å². The predicted molar refractivity (Wildman–Crippen MR) is 77.6 cm³/mol. The van der Waals surface area contributed by atoms with Gasteiger partial charge in [-0.1, -0.05) is 0 Å². The van der Waals surface area contributed by atoms with Gasteiger partial charge in [-0.25, -0.2) is 0 Å². The van der Waals surface area contributed by atoms with E-state index >= 15 is 0 Å². The maximum atomic E-state index is 6.05. The monoisotopic (exact) mass is 253 g/mol. The Kier molecular flexibility index (Phi) is 5.05. The van der Waals surface area contributed by atoms with E-state index in [0.29, 0.717) is 6.04 Å².